The van der Waals surface area contributed by atoms with Gasteiger partial charge in [0.2, 0.25) is 0 Å². The van der Waals surface area contributed by atoms with Gasteiger partial charge in [0.25, 0.3) is 5.91 Å². The van der Waals surface area contributed by atoms with Crippen molar-refractivity contribution in [3.05, 3.63) is 58.7 Å². The lowest BCUT2D eigenvalue weighted by Crippen LogP contribution is -2.15. The minimum Gasteiger partial charge on any atom is -0.497 e. The lowest BCUT2D eigenvalue weighted by molar-refractivity contribution is -0.112. The predicted molar refractivity (Wildman–Crippen MR) is 97.7 cm³/mol. The summed E-state index contributed by atoms with van der Waals surface area (Å²) in [6, 6.07) is 12.9. The Morgan fingerprint density at radius 3 is 2.36 bits per heavy atom. The van der Waals surface area contributed by atoms with E-state index < -0.39 is 5.91 Å². The molecule has 0 aliphatic heterocycles. The van der Waals surface area contributed by atoms with E-state index in [1.807, 2.05) is 38.1 Å². The molecule has 1 N–H and O–H groups in total. The molecule has 25 heavy (non-hydrogen) atoms. The quantitative estimate of drug-likeness (QED) is 0.665. The number of carbonyl (C=O) groups is 1. The summed E-state index contributed by atoms with van der Waals surface area (Å²) in [6.45, 7) is 3.82. The molecule has 0 aliphatic rings. The molecule has 2 aromatic carbocycles. The van der Waals surface area contributed by atoms with E-state index in [1.165, 1.54) is 13.2 Å². The summed E-state index contributed by atoms with van der Waals surface area (Å²) in [5.74, 6) is 0.692. The van der Waals surface area contributed by atoms with Crippen LogP contribution in [0.2, 0.25) is 0 Å². The maximum absolute atomic E-state index is 12.5. The highest BCUT2D eigenvalue weighted by Crippen LogP contribution is 2.27. The number of nitrogens with zero attached hydrogens (tertiary/aromatic N) is 1. The first-order valence-corrected chi connectivity index (χ1v) is 7.71. The van der Waals surface area contributed by atoms with Gasteiger partial charge in [0.1, 0.15) is 23.1 Å². The standard InChI is InChI=1S/C20H20N2O3/c1-13-6-5-7-14(2)19(13)22-20(23)16(12-21)10-15-8-9-17(24-3)11-18(15)25-4/h5-11H,1-4H3,(H,22,23)/b16-10-. The van der Waals surface area contributed by atoms with Gasteiger partial charge in [-0.2, -0.15) is 5.26 Å². The zero-order valence-corrected chi connectivity index (χ0v) is 14.7. The van der Waals surface area contributed by atoms with Crippen LogP contribution in [0.3, 0.4) is 0 Å². The third-order valence-electron chi connectivity index (χ3n) is 3.83. The van der Waals surface area contributed by atoms with Crippen molar-refractivity contribution in [3.63, 3.8) is 0 Å². The Labute approximate surface area is 147 Å². The number of amides is 1. The second kappa shape index (κ2) is 8.02. The van der Waals surface area contributed by atoms with Crippen LogP contribution in [0.4, 0.5) is 5.69 Å². The Kier molecular flexibility index (Phi) is 5.80. The topological polar surface area (TPSA) is 71.3 Å². The number of para-hydroxylation sites is 1. The van der Waals surface area contributed by atoms with Crippen LogP contribution in [0.1, 0.15) is 16.7 Å². The monoisotopic (exact) mass is 336 g/mol. The molecule has 0 unspecified atom stereocenters. The number of ether oxygens (including phenoxy) is 2. The van der Waals surface area contributed by atoms with Gasteiger partial charge >= 0.3 is 0 Å². The maximum atomic E-state index is 12.5. The minimum atomic E-state index is -0.460. The summed E-state index contributed by atoms with van der Waals surface area (Å²) >= 11 is 0. The number of benzene rings is 2. The van der Waals surface area contributed by atoms with Crippen LogP contribution in [0, 0.1) is 25.2 Å². The first-order valence-electron chi connectivity index (χ1n) is 7.71. The van der Waals surface area contributed by atoms with Crippen LogP contribution in [0.15, 0.2) is 42.0 Å². The second-order valence-electron chi connectivity index (χ2n) is 5.50. The molecule has 5 nitrogen and oxygen atoms in total. The van der Waals surface area contributed by atoms with Gasteiger partial charge in [0.15, 0.2) is 0 Å². The highest BCUT2D eigenvalue weighted by atomic mass is 16.5. The number of carbonyl (C=O) groups excluding carboxylic acids is 1. The fraction of sp³-hybridized carbons (Fsp3) is 0.200. The summed E-state index contributed by atoms with van der Waals surface area (Å²) in [4.78, 5) is 12.5. The predicted octanol–water partition coefficient (Wildman–Crippen LogP) is 3.87. The molecular formula is C20H20N2O3. The van der Waals surface area contributed by atoms with E-state index in [1.54, 1.807) is 25.3 Å². The lowest BCUT2D eigenvalue weighted by atomic mass is 10.1. The molecule has 0 heterocycles. The molecule has 0 spiro atoms. The van der Waals surface area contributed by atoms with Crippen molar-refractivity contribution in [3.8, 4) is 17.6 Å². The second-order valence-corrected chi connectivity index (χ2v) is 5.50. The van der Waals surface area contributed by atoms with E-state index in [0.29, 0.717) is 17.1 Å². The highest BCUT2D eigenvalue weighted by Gasteiger charge is 2.13. The van der Waals surface area contributed by atoms with Crippen LogP contribution >= 0.6 is 0 Å². The summed E-state index contributed by atoms with van der Waals surface area (Å²) in [7, 11) is 3.08. The third kappa shape index (κ3) is 4.18. The number of rotatable bonds is 5. The van der Waals surface area contributed by atoms with Crippen LogP contribution in [0.25, 0.3) is 6.08 Å². The number of aryl methyl sites for hydroxylation is 2. The van der Waals surface area contributed by atoms with E-state index >= 15 is 0 Å². The van der Waals surface area contributed by atoms with Gasteiger partial charge in [-0.25, -0.2) is 0 Å². The lowest BCUT2D eigenvalue weighted by Gasteiger charge is -2.11. The smallest absolute Gasteiger partial charge is 0.266 e. The number of anilines is 1. The van der Waals surface area contributed by atoms with Crippen molar-refractivity contribution in [1.82, 2.24) is 0 Å². The average Bonchev–Trinajstić information content (AvgIpc) is 2.62. The van der Waals surface area contributed by atoms with Gasteiger partial charge in [-0.05, 0) is 43.2 Å². The Bertz CT molecular complexity index is 843. The zero-order valence-electron chi connectivity index (χ0n) is 14.7. The Morgan fingerprint density at radius 2 is 1.80 bits per heavy atom. The molecule has 5 heteroatoms. The van der Waals surface area contributed by atoms with Crippen LogP contribution < -0.4 is 14.8 Å². The van der Waals surface area contributed by atoms with Crippen molar-refractivity contribution in [2.45, 2.75) is 13.8 Å². The largest absolute Gasteiger partial charge is 0.497 e. The van der Waals surface area contributed by atoms with E-state index in [-0.39, 0.29) is 5.57 Å². The summed E-state index contributed by atoms with van der Waals surface area (Å²) in [5, 5.41) is 12.2. The minimum absolute atomic E-state index is 0.00822. The van der Waals surface area contributed by atoms with Gasteiger partial charge in [-0.1, -0.05) is 18.2 Å². The van der Waals surface area contributed by atoms with Gasteiger partial charge in [0, 0.05) is 17.3 Å². The van der Waals surface area contributed by atoms with Crippen molar-refractivity contribution >= 4 is 17.7 Å². The van der Waals surface area contributed by atoms with Gasteiger partial charge < -0.3 is 14.8 Å². The number of hydrogen-bond acceptors (Lipinski definition) is 4. The normalized spacial score (nSPS) is 10.8. The van der Waals surface area contributed by atoms with Gasteiger partial charge in [-0.3, -0.25) is 4.79 Å². The molecule has 0 radical (unpaired) electrons. The van der Waals surface area contributed by atoms with E-state index in [2.05, 4.69) is 5.32 Å². The van der Waals surface area contributed by atoms with Gasteiger partial charge in [-0.15, -0.1) is 0 Å². The summed E-state index contributed by atoms with van der Waals surface area (Å²) in [5.41, 5.74) is 3.21. The molecule has 0 atom stereocenters. The zero-order chi connectivity index (χ0) is 18.4. The van der Waals surface area contributed by atoms with Crippen molar-refractivity contribution in [2.24, 2.45) is 0 Å². The molecule has 128 valence electrons. The highest BCUT2D eigenvalue weighted by molar-refractivity contribution is 6.10. The molecule has 2 rings (SSSR count). The third-order valence-corrected chi connectivity index (χ3v) is 3.83. The number of nitrogens with one attached hydrogen (secondary N) is 1. The van der Waals surface area contributed by atoms with E-state index in [9.17, 15) is 10.1 Å². The number of nitriles is 1. The molecule has 1 amide bonds. The molecule has 0 fully saturated rings. The van der Waals surface area contributed by atoms with Crippen LogP contribution in [-0.2, 0) is 4.79 Å². The Balaban J connectivity index is 2.35. The Morgan fingerprint density at radius 1 is 1.12 bits per heavy atom. The number of methoxy groups -OCH3 is 2. The molecule has 0 saturated carbocycles. The van der Waals surface area contributed by atoms with E-state index in [0.717, 1.165) is 16.8 Å². The van der Waals surface area contributed by atoms with Crippen molar-refractivity contribution < 1.29 is 14.3 Å². The fourth-order valence-corrected chi connectivity index (χ4v) is 2.43. The molecule has 0 saturated heterocycles. The molecule has 2 aromatic rings. The average molecular weight is 336 g/mol. The Hall–Kier alpha value is -3.26. The van der Waals surface area contributed by atoms with Crippen LogP contribution in [0.5, 0.6) is 11.5 Å². The maximum Gasteiger partial charge on any atom is 0.266 e. The summed E-state index contributed by atoms with van der Waals surface area (Å²) in [6.07, 6.45) is 1.50. The van der Waals surface area contributed by atoms with E-state index in [4.69, 9.17) is 9.47 Å². The molecule has 0 aromatic heterocycles. The summed E-state index contributed by atoms with van der Waals surface area (Å²) < 4.78 is 10.5. The SMILES string of the molecule is COc1ccc(/C=C(/C#N)C(=O)Nc2c(C)cccc2C)c(OC)c1. The first-order chi connectivity index (χ1) is 12.0. The van der Waals surface area contributed by atoms with Crippen LogP contribution in [-0.4, -0.2) is 20.1 Å². The molecule has 0 aliphatic carbocycles. The van der Waals surface area contributed by atoms with Crippen molar-refractivity contribution in [2.75, 3.05) is 19.5 Å². The fourth-order valence-electron chi connectivity index (χ4n) is 2.43. The molecule has 0 bridgehead atoms. The van der Waals surface area contributed by atoms with Crippen molar-refractivity contribution in [1.29, 1.82) is 5.26 Å². The molecular weight excluding hydrogens is 316 g/mol. The number of hydrogen-bond donors (Lipinski definition) is 1. The first kappa shape index (κ1) is 18.1. The van der Waals surface area contributed by atoms with Gasteiger partial charge in [0.05, 0.1) is 14.2 Å².